The summed E-state index contributed by atoms with van der Waals surface area (Å²) in [6.45, 7) is 0. The molecule has 8 heteroatoms. The zero-order valence-corrected chi connectivity index (χ0v) is 11.7. The van der Waals surface area contributed by atoms with Crippen molar-refractivity contribution in [2.24, 2.45) is 0 Å². The fraction of sp³-hybridized carbons (Fsp3) is 0.167. The van der Waals surface area contributed by atoms with Gasteiger partial charge in [0.05, 0.1) is 11.0 Å². The average molecular weight is 292 g/mol. The van der Waals surface area contributed by atoms with Crippen LogP contribution in [0.15, 0.2) is 35.5 Å². The number of non-ortho nitro benzene ring substituents is 1. The summed E-state index contributed by atoms with van der Waals surface area (Å²) >= 11 is 1.38. The third kappa shape index (κ3) is 3.35. The van der Waals surface area contributed by atoms with Gasteiger partial charge in [-0.15, -0.1) is 0 Å². The summed E-state index contributed by atoms with van der Waals surface area (Å²) in [4.78, 5) is 18.6. The van der Waals surface area contributed by atoms with E-state index in [1.54, 1.807) is 25.2 Å². The first-order valence-corrected chi connectivity index (χ1v) is 6.88. The van der Waals surface area contributed by atoms with Crippen LogP contribution < -0.4 is 10.1 Å². The molecule has 104 valence electrons. The van der Waals surface area contributed by atoms with Crippen LogP contribution >= 0.6 is 11.8 Å². The first kappa shape index (κ1) is 14.1. The van der Waals surface area contributed by atoms with Crippen LogP contribution in [0.5, 0.6) is 11.6 Å². The molecule has 0 aliphatic carbocycles. The fourth-order valence-electron chi connectivity index (χ4n) is 1.46. The lowest BCUT2D eigenvalue weighted by molar-refractivity contribution is -0.384. The number of hydrogen-bond acceptors (Lipinski definition) is 7. The van der Waals surface area contributed by atoms with Gasteiger partial charge in [-0.3, -0.25) is 10.1 Å². The maximum absolute atomic E-state index is 10.7. The van der Waals surface area contributed by atoms with Gasteiger partial charge in [0.1, 0.15) is 11.6 Å². The Balaban J connectivity index is 2.29. The van der Waals surface area contributed by atoms with Gasteiger partial charge in [0.15, 0.2) is 5.16 Å². The van der Waals surface area contributed by atoms with Crippen molar-refractivity contribution in [1.82, 2.24) is 9.97 Å². The molecular weight excluding hydrogens is 280 g/mol. The third-order valence-corrected chi connectivity index (χ3v) is 2.92. The van der Waals surface area contributed by atoms with Crippen LogP contribution in [0.4, 0.5) is 11.5 Å². The molecule has 1 N–H and O–H groups in total. The lowest BCUT2D eigenvalue weighted by Gasteiger charge is -2.07. The second kappa shape index (κ2) is 6.20. The normalized spacial score (nSPS) is 10.1. The van der Waals surface area contributed by atoms with Crippen molar-refractivity contribution >= 4 is 23.3 Å². The molecule has 2 aromatic rings. The number of nitrogens with one attached hydrogen (secondary N) is 1. The van der Waals surface area contributed by atoms with Crippen LogP contribution in [0.25, 0.3) is 0 Å². The minimum atomic E-state index is -0.473. The van der Waals surface area contributed by atoms with E-state index in [2.05, 4.69) is 15.3 Å². The zero-order chi connectivity index (χ0) is 14.5. The summed E-state index contributed by atoms with van der Waals surface area (Å²) in [6, 6.07) is 7.56. The van der Waals surface area contributed by atoms with Gasteiger partial charge in [-0.25, -0.2) is 4.98 Å². The summed E-state index contributed by atoms with van der Waals surface area (Å²) in [6.07, 6.45) is 1.85. The Labute approximate surface area is 119 Å². The lowest BCUT2D eigenvalue weighted by atomic mass is 10.3. The Morgan fingerprint density at radius 3 is 2.80 bits per heavy atom. The Kier molecular flexibility index (Phi) is 4.36. The molecule has 20 heavy (non-hydrogen) atoms. The molecule has 0 spiro atoms. The summed E-state index contributed by atoms with van der Waals surface area (Å²) < 4.78 is 5.55. The number of anilines is 1. The lowest BCUT2D eigenvalue weighted by Crippen LogP contribution is -1.98. The molecule has 0 saturated heterocycles. The maximum atomic E-state index is 10.7. The number of thioether (sulfide) groups is 1. The molecule has 1 aromatic carbocycles. The van der Waals surface area contributed by atoms with E-state index in [-0.39, 0.29) is 5.69 Å². The number of nitro benzene ring substituents is 1. The van der Waals surface area contributed by atoms with Crippen molar-refractivity contribution in [3.05, 3.63) is 40.4 Å². The van der Waals surface area contributed by atoms with Crippen molar-refractivity contribution in [2.45, 2.75) is 5.16 Å². The highest BCUT2D eigenvalue weighted by Crippen LogP contribution is 2.26. The zero-order valence-electron chi connectivity index (χ0n) is 10.9. The van der Waals surface area contributed by atoms with Crippen LogP contribution in [0, 0.1) is 10.1 Å². The smallest absolute Gasteiger partial charge is 0.273 e. The second-order valence-corrected chi connectivity index (χ2v) is 4.46. The molecule has 0 radical (unpaired) electrons. The molecule has 1 heterocycles. The van der Waals surface area contributed by atoms with Gasteiger partial charge in [-0.1, -0.05) is 17.8 Å². The van der Waals surface area contributed by atoms with E-state index >= 15 is 0 Å². The number of hydrogen-bond donors (Lipinski definition) is 1. The maximum Gasteiger partial charge on any atom is 0.273 e. The molecule has 0 saturated carbocycles. The number of nitro groups is 1. The van der Waals surface area contributed by atoms with Crippen molar-refractivity contribution in [3.8, 4) is 11.6 Å². The minimum absolute atomic E-state index is 0.0320. The Bertz CT molecular complexity index is 614. The van der Waals surface area contributed by atoms with Gasteiger partial charge in [0.25, 0.3) is 5.69 Å². The van der Waals surface area contributed by atoms with Gasteiger partial charge in [-0.2, -0.15) is 4.98 Å². The highest BCUT2D eigenvalue weighted by molar-refractivity contribution is 7.98. The number of benzene rings is 1. The van der Waals surface area contributed by atoms with Gasteiger partial charge < -0.3 is 10.1 Å². The highest BCUT2D eigenvalue weighted by atomic mass is 32.2. The van der Waals surface area contributed by atoms with Gasteiger partial charge in [0.2, 0.25) is 5.88 Å². The summed E-state index contributed by atoms with van der Waals surface area (Å²) in [5.41, 5.74) is -0.0320. The van der Waals surface area contributed by atoms with Gasteiger partial charge >= 0.3 is 0 Å². The van der Waals surface area contributed by atoms with Crippen LogP contribution in [0.3, 0.4) is 0 Å². The van der Waals surface area contributed by atoms with E-state index < -0.39 is 4.92 Å². The molecule has 2 rings (SSSR count). The quantitative estimate of drug-likeness (QED) is 0.392. The third-order valence-electron chi connectivity index (χ3n) is 2.37. The standard InChI is InChI=1S/C12H12N4O3S/c1-13-10-7-11(15-12(14-10)20-2)19-9-5-3-4-8(6-9)16(17)18/h3-7H,1-2H3,(H,13,14,15). The second-order valence-electron chi connectivity index (χ2n) is 3.68. The molecule has 0 aliphatic rings. The van der Waals surface area contributed by atoms with Crippen molar-refractivity contribution in [2.75, 3.05) is 18.6 Å². The molecule has 0 unspecified atom stereocenters. The van der Waals surface area contributed by atoms with Crippen LogP contribution in [-0.2, 0) is 0 Å². The monoisotopic (exact) mass is 292 g/mol. The molecule has 7 nitrogen and oxygen atoms in total. The van der Waals surface area contributed by atoms with Crippen LogP contribution in [-0.4, -0.2) is 28.2 Å². The number of aromatic nitrogens is 2. The van der Waals surface area contributed by atoms with Crippen LogP contribution in [0.1, 0.15) is 0 Å². The van der Waals surface area contributed by atoms with E-state index in [1.165, 1.54) is 23.9 Å². The van der Waals surface area contributed by atoms with Crippen molar-refractivity contribution in [3.63, 3.8) is 0 Å². The van der Waals surface area contributed by atoms with Crippen molar-refractivity contribution in [1.29, 1.82) is 0 Å². The minimum Gasteiger partial charge on any atom is -0.439 e. The predicted octanol–water partition coefficient (Wildman–Crippen LogP) is 2.94. The molecule has 0 atom stereocenters. The molecular formula is C12H12N4O3S. The molecule has 0 aliphatic heterocycles. The number of rotatable bonds is 5. The summed E-state index contributed by atoms with van der Waals surface area (Å²) in [5.74, 6) is 1.30. The Morgan fingerprint density at radius 2 is 2.15 bits per heavy atom. The summed E-state index contributed by atoms with van der Waals surface area (Å²) in [7, 11) is 1.74. The first-order valence-electron chi connectivity index (χ1n) is 5.65. The van der Waals surface area contributed by atoms with E-state index in [0.717, 1.165) is 0 Å². The Morgan fingerprint density at radius 1 is 1.35 bits per heavy atom. The fourth-order valence-corrected chi connectivity index (χ4v) is 1.83. The van der Waals surface area contributed by atoms with E-state index in [9.17, 15) is 10.1 Å². The number of nitrogens with zero attached hydrogens (tertiary/aromatic N) is 3. The number of ether oxygens (including phenoxy) is 1. The predicted molar refractivity (Wildman–Crippen MR) is 76.5 cm³/mol. The van der Waals surface area contributed by atoms with Gasteiger partial charge in [-0.05, 0) is 12.3 Å². The first-order chi connectivity index (χ1) is 9.62. The van der Waals surface area contributed by atoms with E-state index in [4.69, 9.17) is 4.74 Å². The van der Waals surface area contributed by atoms with E-state index in [1.807, 2.05) is 6.26 Å². The van der Waals surface area contributed by atoms with E-state index in [0.29, 0.717) is 22.6 Å². The highest BCUT2D eigenvalue weighted by Gasteiger charge is 2.09. The largest absolute Gasteiger partial charge is 0.439 e. The summed E-state index contributed by atoms with van der Waals surface area (Å²) in [5, 5.41) is 14.2. The van der Waals surface area contributed by atoms with Crippen molar-refractivity contribution < 1.29 is 9.66 Å². The van der Waals surface area contributed by atoms with Crippen LogP contribution in [0.2, 0.25) is 0 Å². The Hall–Kier alpha value is -2.35. The van der Waals surface area contributed by atoms with Gasteiger partial charge in [0, 0.05) is 19.2 Å². The molecule has 0 fully saturated rings. The average Bonchev–Trinajstić information content (AvgIpc) is 2.47. The topological polar surface area (TPSA) is 90.2 Å². The molecule has 0 amide bonds. The molecule has 1 aromatic heterocycles. The molecule has 0 bridgehead atoms. The SMILES string of the molecule is CNc1cc(Oc2cccc([N+](=O)[O-])c2)nc(SC)n1.